The first-order valence-corrected chi connectivity index (χ1v) is 16.9. The largest absolute Gasteiger partial charge is 0.481 e. The van der Waals surface area contributed by atoms with E-state index in [1.807, 2.05) is 47.0 Å². The Balaban J connectivity index is 1.20. The average Bonchev–Trinajstić information content (AvgIpc) is 3.50. The van der Waals surface area contributed by atoms with E-state index in [1.165, 1.54) is 6.42 Å². The maximum Gasteiger partial charge on any atom is 0.481 e. The van der Waals surface area contributed by atoms with Crippen molar-refractivity contribution in [3.63, 3.8) is 0 Å². The molecular weight excluding hydrogens is 561 g/mol. The molecular formula is C37H48BN3O4. The number of nitriles is 1. The van der Waals surface area contributed by atoms with E-state index in [0.29, 0.717) is 29.7 Å². The van der Waals surface area contributed by atoms with Gasteiger partial charge in [-0.15, -0.1) is 0 Å². The minimum Gasteiger partial charge on any atom is -0.404 e. The molecule has 6 atom stereocenters. The molecule has 4 fully saturated rings. The summed E-state index contributed by atoms with van der Waals surface area (Å²) in [5.41, 5.74) is 2.26. The summed E-state index contributed by atoms with van der Waals surface area (Å²) in [7, 11) is -0.496. The molecule has 3 aromatic rings. The molecule has 0 spiro atoms. The highest BCUT2D eigenvalue weighted by atomic mass is 16.7. The van der Waals surface area contributed by atoms with E-state index in [2.05, 4.69) is 59.9 Å². The zero-order valence-electron chi connectivity index (χ0n) is 27.9. The molecule has 2 heterocycles. The van der Waals surface area contributed by atoms with Crippen LogP contribution in [-0.4, -0.2) is 41.0 Å². The van der Waals surface area contributed by atoms with Crippen molar-refractivity contribution in [3.05, 3.63) is 48.0 Å². The minimum absolute atomic E-state index is 0.00451. The third-order valence-electron chi connectivity index (χ3n) is 11.2. The van der Waals surface area contributed by atoms with Crippen LogP contribution in [0, 0.1) is 46.3 Å². The number of carbonyl (C=O) groups is 2. The monoisotopic (exact) mass is 609 g/mol. The van der Waals surface area contributed by atoms with Gasteiger partial charge in [-0.25, -0.2) is 0 Å². The number of amides is 1. The number of hydrogen-bond donors (Lipinski definition) is 1. The van der Waals surface area contributed by atoms with Crippen LogP contribution in [0.5, 0.6) is 0 Å². The molecule has 0 radical (unpaired) electrons. The van der Waals surface area contributed by atoms with Crippen molar-refractivity contribution < 1.29 is 18.9 Å². The normalized spacial score (nSPS) is 26.5. The lowest BCUT2D eigenvalue weighted by molar-refractivity contribution is -0.199. The SMILES string of the molecule is CC(C)C[C@H](CC(=O)Cn1c2ccccc2c2ccc(C#N)cc21)C(=O)N[C@@H](CC(C)C)B1O[C@@H]2C[C@@H]3C[C@@H](C3(C)C)[C@]2(C)O1. The molecule has 238 valence electrons. The lowest BCUT2D eigenvalue weighted by atomic mass is 9.43. The highest BCUT2D eigenvalue weighted by molar-refractivity contribution is 6.47. The number of ketones is 1. The second-order valence-corrected chi connectivity index (χ2v) is 15.6. The van der Waals surface area contributed by atoms with E-state index in [9.17, 15) is 14.9 Å². The summed E-state index contributed by atoms with van der Waals surface area (Å²) in [5.74, 6) is 0.838. The molecule has 2 bridgehead atoms. The summed E-state index contributed by atoms with van der Waals surface area (Å²) < 4.78 is 15.4. The summed E-state index contributed by atoms with van der Waals surface area (Å²) in [6.45, 7) is 15.6. The van der Waals surface area contributed by atoms with Crippen molar-refractivity contribution in [1.29, 1.82) is 5.26 Å². The maximum atomic E-state index is 14.0. The van der Waals surface area contributed by atoms with Gasteiger partial charge in [-0.2, -0.15) is 5.26 Å². The van der Waals surface area contributed by atoms with Gasteiger partial charge in [-0.1, -0.05) is 65.8 Å². The Labute approximate surface area is 268 Å². The predicted molar refractivity (Wildman–Crippen MR) is 178 cm³/mol. The Morgan fingerprint density at radius 3 is 2.42 bits per heavy atom. The zero-order chi connectivity index (χ0) is 32.3. The van der Waals surface area contributed by atoms with Gasteiger partial charge in [-0.05, 0) is 79.9 Å². The van der Waals surface area contributed by atoms with E-state index >= 15 is 0 Å². The van der Waals surface area contributed by atoms with Crippen LogP contribution >= 0.6 is 0 Å². The number of rotatable bonds is 11. The van der Waals surface area contributed by atoms with Crippen molar-refractivity contribution in [1.82, 2.24) is 9.88 Å². The molecule has 8 heteroatoms. The van der Waals surface area contributed by atoms with Crippen LogP contribution in [0.25, 0.3) is 21.8 Å². The Morgan fingerprint density at radius 2 is 1.73 bits per heavy atom. The van der Waals surface area contributed by atoms with E-state index in [0.717, 1.165) is 34.6 Å². The van der Waals surface area contributed by atoms with Gasteiger partial charge in [-0.3, -0.25) is 9.59 Å². The Morgan fingerprint density at radius 1 is 1.02 bits per heavy atom. The molecule has 3 aliphatic carbocycles. The topological polar surface area (TPSA) is 93.4 Å². The molecule has 1 amide bonds. The quantitative estimate of drug-likeness (QED) is 0.235. The number of carbonyl (C=O) groups excluding carboxylic acids is 2. The minimum atomic E-state index is -0.496. The highest BCUT2D eigenvalue weighted by Gasteiger charge is 2.68. The first-order chi connectivity index (χ1) is 21.3. The van der Waals surface area contributed by atoms with Gasteiger partial charge < -0.3 is 19.2 Å². The number of fused-ring (bicyclic) bond motifs is 3. The van der Waals surface area contributed by atoms with Gasteiger partial charge >= 0.3 is 7.12 Å². The van der Waals surface area contributed by atoms with Gasteiger partial charge in [0.05, 0.1) is 41.3 Å². The Kier molecular flexibility index (Phi) is 8.41. The van der Waals surface area contributed by atoms with Gasteiger partial charge in [0.2, 0.25) is 5.91 Å². The lowest BCUT2D eigenvalue weighted by Gasteiger charge is -2.64. The molecule has 3 saturated carbocycles. The third-order valence-corrected chi connectivity index (χ3v) is 11.2. The van der Waals surface area contributed by atoms with Crippen LogP contribution in [0.15, 0.2) is 42.5 Å². The fourth-order valence-electron chi connectivity index (χ4n) is 8.77. The second kappa shape index (κ2) is 11.9. The van der Waals surface area contributed by atoms with Crippen LogP contribution in [0.3, 0.4) is 0 Å². The molecule has 0 unspecified atom stereocenters. The van der Waals surface area contributed by atoms with E-state index in [-0.39, 0.29) is 53.6 Å². The van der Waals surface area contributed by atoms with Crippen LogP contribution < -0.4 is 5.32 Å². The van der Waals surface area contributed by atoms with Crippen molar-refractivity contribution in [2.45, 2.75) is 105 Å². The number of nitrogens with one attached hydrogen (secondary N) is 1. The van der Waals surface area contributed by atoms with Crippen molar-refractivity contribution in [2.24, 2.45) is 35.0 Å². The van der Waals surface area contributed by atoms with Gasteiger partial charge in [0.15, 0.2) is 5.78 Å². The fraction of sp³-hybridized carbons (Fsp3) is 0.595. The molecule has 4 aliphatic rings. The number of para-hydroxylation sites is 1. The highest BCUT2D eigenvalue weighted by Crippen LogP contribution is 2.65. The predicted octanol–water partition coefficient (Wildman–Crippen LogP) is 7.09. The van der Waals surface area contributed by atoms with Crippen LogP contribution in [0.1, 0.15) is 86.1 Å². The summed E-state index contributed by atoms with van der Waals surface area (Å²) in [6.07, 6.45) is 3.73. The van der Waals surface area contributed by atoms with Crippen LogP contribution in [-0.2, 0) is 25.4 Å². The molecule has 7 nitrogen and oxygen atoms in total. The van der Waals surface area contributed by atoms with Gasteiger partial charge in [0, 0.05) is 28.6 Å². The smallest absolute Gasteiger partial charge is 0.404 e. The molecule has 2 aromatic carbocycles. The first-order valence-electron chi connectivity index (χ1n) is 16.9. The van der Waals surface area contributed by atoms with Crippen molar-refractivity contribution in [2.75, 3.05) is 0 Å². The fourth-order valence-corrected chi connectivity index (χ4v) is 8.77. The van der Waals surface area contributed by atoms with Crippen LogP contribution in [0.4, 0.5) is 0 Å². The molecule has 1 aromatic heterocycles. The third kappa shape index (κ3) is 5.72. The summed E-state index contributed by atoms with van der Waals surface area (Å²) in [6, 6.07) is 15.8. The number of benzene rings is 2. The molecule has 1 N–H and O–H groups in total. The van der Waals surface area contributed by atoms with Gasteiger partial charge in [0.1, 0.15) is 0 Å². The first kappa shape index (κ1) is 31.8. The van der Waals surface area contributed by atoms with E-state index in [1.54, 1.807) is 0 Å². The maximum absolute atomic E-state index is 14.0. The zero-order valence-corrected chi connectivity index (χ0v) is 27.9. The Bertz CT molecular complexity index is 1650. The standard InChI is InChI=1S/C37H48BN3O4/c1-22(2)14-25(17-27(42)21-41-30-11-9-8-10-28(30)29-13-12-24(20-39)16-31(29)41)35(43)40-34(15-23(3)4)38-44-33-19-26-18-32(36(26,5)6)37(33,7)45-38/h8-13,16,22-23,25-26,32-34H,14-15,17-19,21H2,1-7H3,(H,40,43)/t25-,26+,32+,33-,34+,37+/m1/s1. The van der Waals surface area contributed by atoms with Crippen molar-refractivity contribution >= 4 is 40.6 Å². The molecule has 1 saturated heterocycles. The number of hydrogen-bond acceptors (Lipinski definition) is 5. The summed E-state index contributed by atoms with van der Waals surface area (Å²) in [5, 5.41) is 14.9. The summed E-state index contributed by atoms with van der Waals surface area (Å²) >= 11 is 0. The Hall–Kier alpha value is -3.15. The van der Waals surface area contributed by atoms with Gasteiger partial charge in [0.25, 0.3) is 0 Å². The molecule has 7 rings (SSSR count). The number of aromatic nitrogens is 1. The van der Waals surface area contributed by atoms with E-state index < -0.39 is 13.0 Å². The van der Waals surface area contributed by atoms with E-state index in [4.69, 9.17) is 9.31 Å². The second-order valence-electron chi connectivity index (χ2n) is 15.6. The van der Waals surface area contributed by atoms with Crippen molar-refractivity contribution in [3.8, 4) is 6.07 Å². The molecule has 1 aliphatic heterocycles. The number of nitrogens with zero attached hydrogens (tertiary/aromatic N) is 2. The number of Topliss-reactive ketones (excluding diaryl/α,β-unsaturated/α-hetero) is 1. The lowest BCUT2D eigenvalue weighted by Crippen LogP contribution is -2.65. The average molecular weight is 610 g/mol. The van der Waals surface area contributed by atoms with Crippen LogP contribution in [0.2, 0.25) is 0 Å². The summed E-state index contributed by atoms with van der Waals surface area (Å²) in [4.78, 5) is 27.8. The molecule has 45 heavy (non-hydrogen) atoms.